The highest BCUT2D eigenvalue weighted by Crippen LogP contribution is 2.36. The number of aromatic nitrogens is 1. The SMILES string of the molecule is O[C@@H](CNCCNCC1C=CC=C1)c1ccc(-c2ccc(C(F)(F)F)cc2)nc1C(F)(F)F. The van der Waals surface area contributed by atoms with Crippen LogP contribution >= 0.6 is 0 Å². The number of pyridine rings is 1. The van der Waals surface area contributed by atoms with Crippen molar-refractivity contribution in [3.8, 4) is 11.3 Å². The molecule has 1 heterocycles. The Hall–Kier alpha value is -2.69. The lowest BCUT2D eigenvalue weighted by Crippen LogP contribution is -2.32. The van der Waals surface area contributed by atoms with E-state index in [9.17, 15) is 31.4 Å². The van der Waals surface area contributed by atoms with Crippen LogP contribution in [0.5, 0.6) is 0 Å². The molecule has 10 heteroatoms. The van der Waals surface area contributed by atoms with Gasteiger partial charge in [0.25, 0.3) is 0 Å². The Morgan fingerprint density at radius 3 is 2.09 bits per heavy atom. The number of hydrogen-bond donors (Lipinski definition) is 3. The van der Waals surface area contributed by atoms with Gasteiger partial charge in [0.1, 0.15) is 0 Å². The van der Waals surface area contributed by atoms with E-state index in [0.29, 0.717) is 19.0 Å². The number of aliphatic hydroxyl groups excluding tert-OH is 1. The fourth-order valence-electron chi connectivity index (χ4n) is 3.36. The molecule has 2 aromatic rings. The zero-order valence-electron chi connectivity index (χ0n) is 17.4. The molecule has 178 valence electrons. The minimum Gasteiger partial charge on any atom is -0.387 e. The van der Waals surface area contributed by atoms with Crippen LogP contribution in [0, 0.1) is 5.92 Å². The first-order chi connectivity index (χ1) is 15.6. The van der Waals surface area contributed by atoms with Gasteiger partial charge in [-0.05, 0) is 18.2 Å². The Bertz CT molecular complexity index is 971. The Labute approximate surface area is 187 Å². The molecule has 0 fully saturated rings. The van der Waals surface area contributed by atoms with Crippen molar-refractivity contribution in [1.82, 2.24) is 15.6 Å². The highest BCUT2D eigenvalue weighted by Gasteiger charge is 2.37. The molecule has 0 amide bonds. The number of nitrogens with zero attached hydrogens (tertiary/aromatic N) is 1. The molecule has 1 aromatic heterocycles. The largest absolute Gasteiger partial charge is 0.433 e. The first kappa shape index (κ1) is 24.9. The molecule has 0 bridgehead atoms. The van der Waals surface area contributed by atoms with E-state index in [1.165, 1.54) is 6.07 Å². The Kier molecular flexibility index (Phi) is 7.93. The fraction of sp³-hybridized carbons (Fsp3) is 0.348. The smallest absolute Gasteiger partial charge is 0.387 e. The van der Waals surface area contributed by atoms with E-state index < -0.39 is 35.3 Å². The molecule has 4 nitrogen and oxygen atoms in total. The van der Waals surface area contributed by atoms with E-state index in [1.54, 1.807) is 0 Å². The van der Waals surface area contributed by atoms with Crippen LogP contribution in [0.25, 0.3) is 11.3 Å². The number of allylic oxidation sites excluding steroid dienone is 2. The summed E-state index contributed by atoms with van der Waals surface area (Å²) in [5, 5.41) is 16.4. The maximum atomic E-state index is 13.6. The second-order valence-electron chi connectivity index (χ2n) is 7.56. The maximum absolute atomic E-state index is 13.6. The zero-order valence-corrected chi connectivity index (χ0v) is 17.4. The molecule has 1 atom stereocenters. The number of nitrogens with one attached hydrogen (secondary N) is 2. The lowest BCUT2D eigenvalue weighted by atomic mass is 10.0. The zero-order chi connectivity index (χ0) is 24.1. The van der Waals surface area contributed by atoms with Crippen molar-refractivity contribution in [1.29, 1.82) is 0 Å². The number of halogens is 6. The van der Waals surface area contributed by atoms with E-state index in [1.807, 2.05) is 24.3 Å². The molecule has 0 saturated carbocycles. The van der Waals surface area contributed by atoms with Crippen molar-refractivity contribution in [2.45, 2.75) is 18.5 Å². The quantitative estimate of drug-likeness (QED) is 0.365. The molecule has 0 unspecified atom stereocenters. The van der Waals surface area contributed by atoms with Gasteiger partial charge in [-0.15, -0.1) is 0 Å². The molecular weight excluding hydrogens is 448 g/mol. The maximum Gasteiger partial charge on any atom is 0.433 e. The van der Waals surface area contributed by atoms with Gasteiger partial charge in [0.2, 0.25) is 0 Å². The molecule has 33 heavy (non-hydrogen) atoms. The summed E-state index contributed by atoms with van der Waals surface area (Å²) in [6.45, 7) is 1.64. The van der Waals surface area contributed by atoms with E-state index in [2.05, 4.69) is 15.6 Å². The molecule has 0 spiro atoms. The van der Waals surface area contributed by atoms with Gasteiger partial charge < -0.3 is 15.7 Å². The summed E-state index contributed by atoms with van der Waals surface area (Å²) in [6.07, 6.45) is -2.86. The number of rotatable bonds is 9. The normalized spacial score (nSPS) is 15.4. The Balaban J connectivity index is 1.63. The second-order valence-corrected chi connectivity index (χ2v) is 7.56. The van der Waals surface area contributed by atoms with Crippen molar-refractivity contribution in [2.75, 3.05) is 26.2 Å². The highest BCUT2D eigenvalue weighted by atomic mass is 19.4. The molecule has 1 aromatic carbocycles. The molecule has 1 aliphatic rings. The minimum absolute atomic E-state index is 0.102. The predicted molar refractivity (Wildman–Crippen MR) is 112 cm³/mol. The van der Waals surface area contributed by atoms with Gasteiger partial charge in [0.15, 0.2) is 5.69 Å². The molecule has 0 radical (unpaired) electrons. The third-order valence-corrected chi connectivity index (χ3v) is 5.09. The summed E-state index contributed by atoms with van der Waals surface area (Å²) < 4.78 is 78.9. The van der Waals surface area contributed by atoms with Crippen LogP contribution in [0.3, 0.4) is 0 Å². The van der Waals surface area contributed by atoms with Gasteiger partial charge in [-0.3, -0.25) is 0 Å². The van der Waals surface area contributed by atoms with Crippen LogP contribution in [-0.2, 0) is 12.4 Å². The molecular formula is C23H23F6N3O. The number of benzene rings is 1. The fourth-order valence-corrected chi connectivity index (χ4v) is 3.36. The third-order valence-electron chi connectivity index (χ3n) is 5.09. The van der Waals surface area contributed by atoms with Gasteiger partial charge in [-0.1, -0.05) is 42.5 Å². The van der Waals surface area contributed by atoms with Crippen molar-refractivity contribution < 1.29 is 31.4 Å². The molecule has 0 saturated heterocycles. The molecule has 0 aliphatic heterocycles. The monoisotopic (exact) mass is 471 g/mol. The Morgan fingerprint density at radius 2 is 1.48 bits per heavy atom. The van der Waals surface area contributed by atoms with Gasteiger partial charge in [0.05, 0.1) is 17.4 Å². The molecule has 1 aliphatic carbocycles. The van der Waals surface area contributed by atoms with Gasteiger partial charge in [-0.25, -0.2) is 4.98 Å². The van der Waals surface area contributed by atoms with E-state index in [0.717, 1.165) is 36.9 Å². The topological polar surface area (TPSA) is 57.2 Å². The van der Waals surface area contributed by atoms with Crippen LogP contribution in [0.1, 0.15) is 22.9 Å². The van der Waals surface area contributed by atoms with Gasteiger partial charge >= 0.3 is 12.4 Å². The average molecular weight is 471 g/mol. The Morgan fingerprint density at radius 1 is 0.848 bits per heavy atom. The van der Waals surface area contributed by atoms with E-state index in [4.69, 9.17) is 0 Å². The summed E-state index contributed by atoms with van der Waals surface area (Å²) in [5.41, 5.74) is -2.62. The number of alkyl halides is 6. The standard InChI is InChI=1S/C23H23F6N3O/c24-22(25,26)17-7-5-16(6-8-17)19-10-9-18(21(32-19)23(27,28)29)20(33)14-31-12-11-30-13-15-3-1-2-4-15/h1-10,15,20,30-31,33H,11-14H2/t20-/m0/s1. The van der Waals surface area contributed by atoms with Crippen molar-refractivity contribution in [3.63, 3.8) is 0 Å². The molecule has 3 rings (SSSR count). The average Bonchev–Trinajstić information content (AvgIpc) is 3.28. The summed E-state index contributed by atoms with van der Waals surface area (Å²) in [5.74, 6) is 0.319. The first-order valence-corrected chi connectivity index (χ1v) is 10.3. The second kappa shape index (κ2) is 10.5. The predicted octanol–water partition coefficient (Wildman–Crippen LogP) is 4.74. The first-order valence-electron chi connectivity index (χ1n) is 10.3. The van der Waals surface area contributed by atoms with Crippen LogP contribution in [0.2, 0.25) is 0 Å². The number of hydrogen-bond acceptors (Lipinski definition) is 4. The summed E-state index contributed by atoms with van der Waals surface area (Å²) >= 11 is 0. The van der Waals surface area contributed by atoms with Crippen LogP contribution in [0.15, 0.2) is 60.7 Å². The highest BCUT2D eigenvalue weighted by molar-refractivity contribution is 5.60. The van der Waals surface area contributed by atoms with Crippen molar-refractivity contribution in [2.24, 2.45) is 5.92 Å². The lowest BCUT2D eigenvalue weighted by molar-refractivity contribution is -0.142. The third kappa shape index (κ3) is 6.89. The summed E-state index contributed by atoms with van der Waals surface area (Å²) in [4.78, 5) is 3.61. The van der Waals surface area contributed by atoms with Gasteiger partial charge in [0, 0.05) is 43.2 Å². The van der Waals surface area contributed by atoms with Crippen molar-refractivity contribution in [3.05, 3.63) is 77.5 Å². The number of aliphatic hydroxyl groups is 1. The van der Waals surface area contributed by atoms with E-state index in [-0.39, 0.29) is 17.8 Å². The minimum atomic E-state index is -4.85. The van der Waals surface area contributed by atoms with Crippen LogP contribution in [-0.4, -0.2) is 36.3 Å². The van der Waals surface area contributed by atoms with Crippen molar-refractivity contribution >= 4 is 0 Å². The van der Waals surface area contributed by atoms with Gasteiger partial charge in [-0.2, -0.15) is 26.3 Å². The summed E-state index contributed by atoms with van der Waals surface area (Å²) in [6, 6.07) is 6.04. The summed E-state index contributed by atoms with van der Waals surface area (Å²) in [7, 11) is 0. The van der Waals surface area contributed by atoms with Crippen LogP contribution < -0.4 is 10.6 Å². The van der Waals surface area contributed by atoms with E-state index >= 15 is 0 Å². The van der Waals surface area contributed by atoms with Crippen LogP contribution in [0.4, 0.5) is 26.3 Å². The molecule has 3 N–H and O–H groups in total. The lowest BCUT2D eigenvalue weighted by Gasteiger charge is -2.18.